The molecule has 2 aromatic heterocycles. The first kappa shape index (κ1) is 12.2. The molecule has 0 aliphatic heterocycles. The molecule has 19 heavy (non-hydrogen) atoms. The van der Waals surface area contributed by atoms with Crippen LogP contribution in [-0.4, -0.2) is 9.55 Å². The largest absolute Gasteiger partial charge is 0.427 e. The number of aromatic nitrogens is 2. The van der Waals surface area contributed by atoms with Crippen LogP contribution in [0.4, 0.5) is 0 Å². The monoisotopic (exact) mass is 258 g/mol. The normalized spacial score (nSPS) is 16.7. The maximum atomic E-state index is 11.7. The average Bonchev–Trinajstić information content (AvgIpc) is 2.86. The van der Waals surface area contributed by atoms with Gasteiger partial charge in [-0.2, -0.15) is 0 Å². The van der Waals surface area contributed by atoms with Crippen molar-refractivity contribution >= 4 is 0 Å². The standard InChI is InChI=1S/C15H18N2O2/c1-11-9-17(10-16-11)13-7-14(19-15(18)8-13)12-5-3-2-4-6-12/h7-10,12H,2-6H2,1H3. The highest BCUT2D eigenvalue weighted by molar-refractivity contribution is 5.32. The Balaban J connectivity index is 1.98. The molecule has 0 spiro atoms. The summed E-state index contributed by atoms with van der Waals surface area (Å²) in [5, 5.41) is 0. The van der Waals surface area contributed by atoms with Gasteiger partial charge in [0.1, 0.15) is 5.76 Å². The second-order valence-corrected chi connectivity index (χ2v) is 5.29. The van der Waals surface area contributed by atoms with Crippen LogP contribution in [-0.2, 0) is 0 Å². The second kappa shape index (κ2) is 5.03. The topological polar surface area (TPSA) is 48.0 Å². The lowest BCUT2D eigenvalue weighted by molar-refractivity contribution is 0.355. The predicted octanol–water partition coefficient (Wildman–Crippen LogP) is 3.18. The zero-order chi connectivity index (χ0) is 13.2. The van der Waals surface area contributed by atoms with Crippen LogP contribution in [0.25, 0.3) is 5.69 Å². The van der Waals surface area contributed by atoms with E-state index in [1.807, 2.05) is 23.8 Å². The third kappa shape index (κ3) is 2.62. The third-order valence-electron chi connectivity index (χ3n) is 3.79. The van der Waals surface area contributed by atoms with Gasteiger partial charge in [-0.25, -0.2) is 9.78 Å². The van der Waals surface area contributed by atoms with E-state index in [1.165, 1.54) is 25.3 Å². The summed E-state index contributed by atoms with van der Waals surface area (Å²) in [6.45, 7) is 1.93. The summed E-state index contributed by atoms with van der Waals surface area (Å²) >= 11 is 0. The van der Waals surface area contributed by atoms with Crippen LogP contribution >= 0.6 is 0 Å². The fourth-order valence-electron chi connectivity index (χ4n) is 2.78. The van der Waals surface area contributed by atoms with Crippen molar-refractivity contribution in [2.75, 3.05) is 0 Å². The lowest BCUT2D eigenvalue weighted by atomic mass is 9.87. The minimum absolute atomic E-state index is 0.274. The van der Waals surface area contributed by atoms with Gasteiger partial charge in [0.15, 0.2) is 0 Å². The van der Waals surface area contributed by atoms with E-state index in [-0.39, 0.29) is 5.63 Å². The van der Waals surface area contributed by atoms with Crippen LogP contribution in [0, 0.1) is 6.92 Å². The van der Waals surface area contributed by atoms with Crippen molar-refractivity contribution in [3.05, 3.63) is 46.5 Å². The van der Waals surface area contributed by atoms with Gasteiger partial charge in [-0.05, 0) is 19.8 Å². The van der Waals surface area contributed by atoms with Gasteiger partial charge in [-0.3, -0.25) is 0 Å². The summed E-state index contributed by atoms with van der Waals surface area (Å²) in [4.78, 5) is 15.9. The van der Waals surface area contributed by atoms with E-state index >= 15 is 0 Å². The summed E-state index contributed by atoms with van der Waals surface area (Å²) in [6, 6.07) is 3.51. The Morgan fingerprint density at radius 3 is 2.74 bits per heavy atom. The lowest BCUT2D eigenvalue weighted by Crippen LogP contribution is -2.10. The van der Waals surface area contributed by atoms with E-state index in [4.69, 9.17) is 4.42 Å². The van der Waals surface area contributed by atoms with Gasteiger partial charge in [0.05, 0.1) is 17.7 Å². The quantitative estimate of drug-likeness (QED) is 0.831. The number of hydrogen-bond acceptors (Lipinski definition) is 3. The Hall–Kier alpha value is -1.84. The van der Waals surface area contributed by atoms with Crippen molar-refractivity contribution in [1.82, 2.24) is 9.55 Å². The van der Waals surface area contributed by atoms with Gasteiger partial charge >= 0.3 is 5.63 Å². The van der Waals surface area contributed by atoms with Gasteiger partial charge in [-0.15, -0.1) is 0 Å². The molecule has 0 bridgehead atoms. The SMILES string of the molecule is Cc1cn(-c2cc(C3CCCCC3)oc(=O)c2)cn1. The van der Waals surface area contributed by atoms with Crippen molar-refractivity contribution in [2.24, 2.45) is 0 Å². The molecule has 0 aromatic carbocycles. The van der Waals surface area contributed by atoms with Crippen LogP contribution in [0.3, 0.4) is 0 Å². The van der Waals surface area contributed by atoms with E-state index in [9.17, 15) is 4.79 Å². The first-order chi connectivity index (χ1) is 9.22. The van der Waals surface area contributed by atoms with Crippen molar-refractivity contribution in [2.45, 2.75) is 44.9 Å². The highest BCUT2D eigenvalue weighted by Crippen LogP contribution is 2.32. The number of rotatable bonds is 2. The second-order valence-electron chi connectivity index (χ2n) is 5.29. The molecule has 0 radical (unpaired) electrons. The fraction of sp³-hybridized carbons (Fsp3) is 0.467. The molecule has 2 aromatic rings. The Morgan fingerprint density at radius 2 is 2.05 bits per heavy atom. The number of aryl methyl sites for hydroxylation is 1. The molecule has 1 aliphatic carbocycles. The minimum atomic E-state index is -0.274. The van der Waals surface area contributed by atoms with Crippen LogP contribution in [0.5, 0.6) is 0 Å². The molecule has 1 fully saturated rings. The zero-order valence-corrected chi connectivity index (χ0v) is 11.1. The van der Waals surface area contributed by atoms with Gasteiger partial charge in [0.25, 0.3) is 0 Å². The summed E-state index contributed by atoms with van der Waals surface area (Å²) in [5.74, 6) is 1.22. The molecule has 0 atom stereocenters. The maximum absolute atomic E-state index is 11.7. The highest BCUT2D eigenvalue weighted by atomic mass is 16.4. The van der Waals surface area contributed by atoms with Gasteiger partial charge < -0.3 is 8.98 Å². The van der Waals surface area contributed by atoms with Crippen molar-refractivity contribution in [3.8, 4) is 5.69 Å². The molecule has 2 heterocycles. The van der Waals surface area contributed by atoms with Gasteiger partial charge in [0, 0.05) is 24.2 Å². The van der Waals surface area contributed by atoms with Crippen molar-refractivity contribution < 1.29 is 4.42 Å². The molecular weight excluding hydrogens is 240 g/mol. The third-order valence-corrected chi connectivity index (χ3v) is 3.79. The summed E-state index contributed by atoms with van der Waals surface area (Å²) in [6.07, 6.45) is 9.63. The molecule has 1 saturated carbocycles. The first-order valence-electron chi connectivity index (χ1n) is 6.88. The molecule has 100 valence electrons. The van der Waals surface area contributed by atoms with Crippen LogP contribution in [0.2, 0.25) is 0 Å². The average molecular weight is 258 g/mol. The Bertz CT molecular complexity index is 621. The van der Waals surface area contributed by atoms with E-state index in [0.717, 1.165) is 30.0 Å². The van der Waals surface area contributed by atoms with Crippen LogP contribution in [0.15, 0.2) is 33.9 Å². The molecular formula is C15H18N2O2. The van der Waals surface area contributed by atoms with E-state index in [2.05, 4.69) is 4.98 Å². The molecule has 0 N–H and O–H groups in total. The number of imidazole rings is 1. The van der Waals surface area contributed by atoms with E-state index in [1.54, 1.807) is 6.33 Å². The molecule has 4 nitrogen and oxygen atoms in total. The summed E-state index contributed by atoms with van der Waals surface area (Å²) in [7, 11) is 0. The lowest BCUT2D eigenvalue weighted by Gasteiger charge is -2.20. The summed E-state index contributed by atoms with van der Waals surface area (Å²) < 4.78 is 7.27. The Morgan fingerprint density at radius 1 is 1.26 bits per heavy atom. The Kier molecular flexibility index (Phi) is 3.23. The first-order valence-corrected chi connectivity index (χ1v) is 6.88. The molecule has 3 rings (SSSR count). The molecule has 1 aliphatic rings. The van der Waals surface area contributed by atoms with Crippen molar-refractivity contribution in [1.29, 1.82) is 0 Å². The maximum Gasteiger partial charge on any atom is 0.337 e. The smallest absolute Gasteiger partial charge is 0.337 e. The summed E-state index contributed by atoms with van der Waals surface area (Å²) in [5.41, 5.74) is 1.51. The van der Waals surface area contributed by atoms with Crippen molar-refractivity contribution in [3.63, 3.8) is 0 Å². The van der Waals surface area contributed by atoms with Crippen LogP contribution in [0.1, 0.15) is 49.5 Å². The molecule has 0 amide bonds. The van der Waals surface area contributed by atoms with Crippen LogP contribution < -0.4 is 5.63 Å². The fourth-order valence-corrected chi connectivity index (χ4v) is 2.78. The van der Waals surface area contributed by atoms with E-state index < -0.39 is 0 Å². The predicted molar refractivity (Wildman–Crippen MR) is 72.7 cm³/mol. The number of hydrogen-bond donors (Lipinski definition) is 0. The van der Waals surface area contributed by atoms with Gasteiger partial charge in [0.2, 0.25) is 0 Å². The molecule has 4 heteroatoms. The number of nitrogens with zero attached hydrogens (tertiary/aromatic N) is 2. The zero-order valence-electron chi connectivity index (χ0n) is 11.1. The Labute approximate surface area is 112 Å². The van der Waals surface area contributed by atoms with Gasteiger partial charge in [-0.1, -0.05) is 19.3 Å². The minimum Gasteiger partial charge on any atom is -0.427 e. The van der Waals surface area contributed by atoms with E-state index in [0.29, 0.717) is 5.92 Å². The highest BCUT2D eigenvalue weighted by Gasteiger charge is 2.19. The molecule has 0 saturated heterocycles. The molecule has 0 unspecified atom stereocenters.